The molecular weight excluding hydrogens is 520 g/mol. The van der Waals surface area contributed by atoms with Crippen molar-refractivity contribution in [2.24, 2.45) is 11.8 Å². The number of imidazole rings is 1. The molecule has 3 unspecified atom stereocenters. The van der Waals surface area contributed by atoms with Crippen molar-refractivity contribution in [1.82, 2.24) is 19.8 Å². The maximum Gasteiger partial charge on any atom is 0.416 e. The summed E-state index contributed by atoms with van der Waals surface area (Å²) in [6, 6.07) is 11.9. The molecule has 4 rings (SSSR count). The van der Waals surface area contributed by atoms with Crippen molar-refractivity contribution in [3.63, 3.8) is 0 Å². The van der Waals surface area contributed by atoms with Gasteiger partial charge in [-0.25, -0.2) is 9.37 Å². The molecule has 216 valence electrons. The molecule has 1 aromatic heterocycles. The average Bonchev–Trinajstić information content (AvgIpc) is 3.35. The number of likely N-dealkylation sites (tertiary alicyclic amines) is 1. The molecule has 9 heteroatoms. The van der Waals surface area contributed by atoms with Crippen LogP contribution in [0.15, 0.2) is 61.1 Å². The van der Waals surface area contributed by atoms with Crippen LogP contribution in [0.1, 0.15) is 55.0 Å². The Morgan fingerprint density at radius 2 is 1.85 bits per heavy atom. The van der Waals surface area contributed by atoms with Gasteiger partial charge < -0.3 is 9.88 Å². The molecule has 0 aliphatic carbocycles. The number of nitrogens with one attached hydrogen (secondary N) is 1. The van der Waals surface area contributed by atoms with Crippen LogP contribution in [0.2, 0.25) is 0 Å². The van der Waals surface area contributed by atoms with E-state index in [4.69, 9.17) is 0 Å². The fourth-order valence-electron chi connectivity index (χ4n) is 5.78. The van der Waals surface area contributed by atoms with Crippen LogP contribution < -0.4 is 5.32 Å². The fourth-order valence-corrected chi connectivity index (χ4v) is 5.78. The number of rotatable bonds is 9. The quantitative estimate of drug-likeness (QED) is 0.322. The number of carbonyl (C=O) groups excluding carboxylic acids is 1. The Bertz CT molecular complexity index is 1240. The van der Waals surface area contributed by atoms with E-state index in [2.05, 4.69) is 22.1 Å². The lowest BCUT2D eigenvalue weighted by Gasteiger charge is -2.35. The number of halogens is 4. The predicted octanol–water partition coefficient (Wildman–Crippen LogP) is 6.12. The summed E-state index contributed by atoms with van der Waals surface area (Å²) in [4.78, 5) is 19.6. The van der Waals surface area contributed by atoms with E-state index in [9.17, 15) is 22.4 Å². The molecule has 40 heavy (non-hydrogen) atoms. The molecule has 0 radical (unpaired) electrons. The number of carbonyl (C=O) groups is 1. The molecule has 2 heterocycles. The first-order valence-electron chi connectivity index (χ1n) is 14.0. The van der Waals surface area contributed by atoms with Gasteiger partial charge in [-0.15, -0.1) is 0 Å². The Balaban J connectivity index is 1.31. The molecule has 1 saturated heterocycles. The second-order valence-electron chi connectivity index (χ2n) is 11.0. The summed E-state index contributed by atoms with van der Waals surface area (Å²) < 4.78 is 55.6. The Labute approximate surface area is 233 Å². The molecule has 1 N–H and O–H groups in total. The SMILES string of the molecule is CC1CC(C(=O)NCCc2cncn2Cc2ccc(F)cc2)N(C)CCCC1CCc1ccccc1C(F)(F)F. The van der Waals surface area contributed by atoms with E-state index >= 15 is 0 Å². The minimum absolute atomic E-state index is 0.0259. The van der Waals surface area contributed by atoms with Gasteiger partial charge in [-0.3, -0.25) is 9.69 Å². The van der Waals surface area contributed by atoms with E-state index in [1.165, 1.54) is 18.2 Å². The first kappa shape index (κ1) is 29.8. The molecule has 0 bridgehead atoms. The van der Waals surface area contributed by atoms with Crippen molar-refractivity contribution in [3.8, 4) is 0 Å². The summed E-state index contributed by atoms with van der Waals surface area (Å²) in [5.41, 5.74) is 1.73. The Hall–Kier alpha value is -3.20. The number of aromatic nitrogens is 2. The molecule has 5 nitrogen and oxygen atoms in total. The highest BCUT2D eigenvalue weighted by Crippen LogP contribution is 2.35. The lowest BCUT2D eigenvalue weighted by atomic mass is 9.79. The van der Waals surface area contributed by atoms with Crippen LogP contribution in [0, 0.1) is 17.7 Å². The van der Waals surface area contributed by atoms with Crippen LogP contribution in [0.3, 0.4) is 0 Å². The summed E-state index contributed by atoms with van der Waals surface area (Å²) in [7, 11) is 1.97. The molecule has 3 atom stereocenters. The van der Waals surface area contributed by atoms with E-state index < -0.39 is 11.7 Å². The number of likely N-dealkylation sites (N-methyl/N-ethyl adjacent to an activating group) is 1. The minimum atomic E-state index is -4.35. The Morgan fingerprint density at radius 1 is 1.10 bits per heavy atom. The standard InChI is InChI=1S/C31H38F4N4O/c1-22-18-29(30(40)37-16-15-27-19-36-21-39(27)20-23-9-13-26(32)14-10-23)38(2)17-5-7-24(22)11-12-25-6-3-4-8-28(25)31(33,34)35/h3-4,6,8-10,13-14,19,21-22,24,29H,5,7,11-12,15-18,20H2,1-2H3,(H,37,40). The van der Waals surface area contributed by atoms with Crippen molar-refractivity contribution in [1.29, 1.82) is 0 Å². The van der Waals surface area contributed by atoms with Gasteiger partial charge in [-0.2, -0.15) is 13.2 Å². The molecule has 1 aliphatic heterocycles. The molecular formula is C31H38F4N4O. The Kier molecular flexibility index (Phi) is 10.0. The van der Waals surface area contributed by atoms with E-state index in [1.807, 2.05) is 11.6 Å². The van der Waals surface area contributed by atoms with Crippen molar-refractivity contribution in [3.05, 3.63) is 89.3 Å². The summed E-state index contributed by atoms with van der Waals surface area (Å²) >= 11 is 0. The van der Waals surface area contributed by atoms with Gasteiger partial charge in [-0.05, 0) is 86.9 Å². The monoisotopic (exact) mass is 558 g/mol. The lowest BCUT2D eigenvalue weighted by molar-refractivity contribution is -0.138. The molecule has 1 fully saturated rings. The molecule has 0 spiro atoms. The number of alkyl halides is 3. The number of nitrogens with zero attached hydrogens (tertiary/aromatic N) is 3. The smallest absolute Gasteiger partial charge is 0.354 e. The van der Waals surface area contributed by atoms with Crippen LogP contribution in [0.4, 0.5) is 17.6 Å². The van der Waals surface area contributed by atoms with Gasteiger partial charge in [0.2, 0.25) is 5.91 Å². The van der Waals surface area contributed by atoms with Crippen LogP contribution in [0.25, 0.3) is 0 Å². The van der Waals surface area contributed by atoms with Crippen molar-refractivity contribution in [2.75, 3.05) is 20.1 Å². The second kappa shape index (κ2) is 13.4. The first-order valence-corrected chi connectivity index (χ1v) is 14.0. The van der Waals surface area contributed by atoms with Gasteiger partial charge in [-0.1, -0.05) is 37.3 Å². The summed E-state index contributed by atoms with van der Waals surface area (Å²) in [5, 5.41) is 3.09. The van der Waals surface area contributed by atoms with E-state index in [1.54, 1.807) is 36.8 Å². The normalized spacial score (nSPS) is 20.6. The van der Waals surface area contributed by atoms with Gasteiger partial charge in [0.25, 0.3) is 0 Å². The van der Waals surface area contributed by atoms with Gasteiger partial charge in [0.15, 0.2) is 0 Å². The first-order chi connectivity index (χ1) is 19.1. The number of aryl methyl sites for hydroxylation is 1. The van der Waals surface area contributed by atoms with E-state index in [0.29, 0.717) is 44.3 Å². The number of hydrogen-bond acceptors (Lipinski definition) is 3. The second-order valence-corrected chi connectivity index (χ2v) is 11.0. The van der Waals surface area contributed by atoms with Crippen LogP contribution >= 0.6 is 0 Å². The molecule has 1 amide bonds. The highest BCUT2D eigenvalue weighted by Gasteiger charge is 2.34. The largest absolute Gasteiger partial charge is 0.416 e. The Morgan fingerprint density at radius 3 is 2.60 bits per heavy atom. The predicted molar refractivity (Wildman–Crippen MR) is 147 cm³/mol. The number of benzene rings is 2. The van der Waals surface area contributed by atoms with Gasteiger partial charge in [0, 0.05) is 31.4 Å². The maximum absolute atomic E-state index is 13.5. The highest BCUT2D eigenvalue weighted by molar-refractivity contribution is 5.81. The molecule has 0 saturated carbocycles. The molecule has 2 aromatic carbocycles. The van der Waals surface area contributed by atoms with E-state index in [-0.39, 0.29) is 29.6 Å². The number of hydrogen-bond donors (Lipinski definition) is 1. The van der Waals surface area contributed by atoms with Gasteiger partial charge >= 0.3 is 6.18 Å². The van der Waals surface area contributed by atoms with Crippen molar-refractivity contribution < 1.29 is 22.4 Å². The maximum atomic E-state index is 13.5. The molecule has 3 aromatic rings. The summed E-state index contributed by atoms with van der Waals surface area (Å²) in [6.07, 6.45) is 3.32. The zero-order valence-electron chi connectivity index (χ0n) is 23.1. The topological polar surface area (TPSA) is 50.2 Å². The molecule has 1 aliphatic rings. The summed E-state index contributed by atoms with van der Waals surface area (Å²) in [6.45, 7) is 3.92. The fraction of sp³-hybridized carbons (Fsp3) is 0.484. The van der Waals surface area contributed by atoms with Crippen molar-refractivity contribution in [2.45, 2.75) is 64.2 Å². The summed E-state index contributed by atoms with van der Waals surface area (Å²) in [5.74, 6) is 0.158. The minimum Gasteiger partial charge on any atom is -0.354 e. The van der Waals surface area contributed by atoms with Crippen molar-refractivity contribution >= 4 is 5.91 Å². The lowest BCUT2D eigenvalue weighted by Crippen LogP contribution is -2.48. The third-order valence-electron chi connectivity index (χ3n) is 8.17. The van der Waals surface area contributed by atoms with E-state index in [0.717, 1.165) is 36.7 Å². The zero-order chi connectivity index (χ0) is 28.7. The van der Waals surface area contributed by atoms with Crippen LogP contribution in [0.5, 0.6) is 0 Å². The average molecular weight is 559 g/mol. The third-order valence-corrected chi connectivity index (χ3v) is 8.17. The third kappa shape index (κ3) is 7.93. The highest BCUT2D eigenvalue weighted by atomic mass is 19.4. The van der Waals surface area contributed by atoms with Gasteiger partial charge in [0.05, 0.1) is 17.9 Å². The van der Waals surface area contributed by atoms with Crippen LogP contribution in [-0.2, 0) is 30.4 Å². The van der Waals surface area contributed by atoms with Crippen LogP contribution in [-0.4, -0.2) is 46.5 Å². The van der Waals surface area contributed by atoms with Gasteiger partial charge in [0.1, 0.15) is 5.82 Å². The zero-order valence-corrected chi connectivity index (χ0v) is 23.1. The number of amides is 1.